The number of rotatable bonds is 4. The molecule has 0 bridgehead atoms. The van der Waals surface area contributed by atoms with Crippen LogP contribution >= 0.6 is 11.6 Å². The summed E-state index contributed by atoms with van der Waals surface area (Å²) in [5, 5.41) is 11.4. The summed E-state index contributed by atoms with van der Waals surface area (Å²) in [5.41, 5.74) is 1.24. The maximum atomic E-state index is 12.4. The molecule has 1 unspecified atom stereocenters. The highest BCUT2D eigenvalue weighted by atomic mass is 35.5. The predicted octanol–water partition coefficient (Wildman–Crippen LogP) is 3.07. The van der Waals surface area contributed by atoms with Gasteiger partial charge >= 0.3 is 0 Å². The maximum Gasteiger partial charge on any atom is 0.272 e. The van der Waals surface area contributed by atoms with Gasteiger partial charge in [-0.25, -0.2) is 0 Å². The molecule has 0 spiro atoms. The topological polar surface area (TPSA) is 61.0 Å². The standard InChI is InChI=1S/C17H23ClN4O/c1-11(2)22-7-3-4-12(10-22)9-19-17(23)16-14-8-13(18)5-6-15(14)20-21-16/h5-6,8,11-12H,3-4,7,9-10H2,1-2H3,(H,19,23)(H,20,21). The molecule has 0 saturated carbocycles. The second-order valence-electron chi connectivity index (χ2n) is 6.57. The van der Waals surface area contributed by atoms with Crippen molar-refractivity contribution >= 4 is 28.4 Å². The molecule has 1 aliphatic rings. The Morgan fingerprint density at radius 2 is 2.35 bits per heavy atom. The van der Waals surface area contributed by atoms with Gasteiger partial charge in [-0.3, -0.25) is 9.89 Å². The normalized spacial score (nSPS) is 19.4. The van der Waals surface area contributed by atoms with Gasteiger partial charge in [0.1, 0.15) is 0 Å². The fourth-order valence-electron chi connectivity index (χ4n) is 3.21. The average molecular weight is 335 g/mol. The van der Waals surface area contributed by atoms with E-state index in [4.69, 9.17) is 11.6 Å². The fraction of sp³-hybridized carbons (Fsp3) is 0.529. The Morgan fingerprint density at radius 1 is 1.52 bits per heavy atom. The highest BCUT2D eigenvalue weighted by Crippen LogP contribution is 2.21. The summed E-state index contributed by atoms with van der Waals surface area (Å²) < 4.78 is 0. The van der Waals surface area contributed by atoms with Crippen molar-refractivity contribution in [1.29, 1.82) is 0 Å². The van der Waals surface area contributed by atoms with Crippen LogP contribution < -0.4 is 5.32 Å². The highest BCUT2D eigenvalue weighted by Gasteiger charge is 2.23. The number of piperidine rings is 1. The molecule has 1 saturated heterocycles. The van der Waals surface area contributed by atoms with E-state index in [1.165, 1.54) is 6.42 Å². The van der Waals surface area contributed by atoms with E-state index >= 15 is 0 Å². The van der Waals surface area contributed by atoms with Gasteiger partial charge in [0.05, 0.1) is 5.52 Å². The lowest BCUT2D eigenvalue weighted by Gasteiger charge is -2.35. The number of fused-ring (bicyclic) bond motifs is 1. The lowest BCUT2D eigenvalue weighted by atomic mass is 9.97. The van der Waals surface area contributed by atoms with Crippen molar-refractivity contribution in [2.75, 3.05) is 19.6 Å². The summed E-state index contributed by atoms with van der Waals surface area (Å²) in [6.45, 7) is 7.34. The summed E-state index contributed by atoms with van der Waals surface area (Å²) in [6, 6.07) is 5.96. The molecule has 5 nitrogen and oxygen atoms in total. The van der Waals surface area contributed by atoms with E-state index < -0.39 is 0 Å². The zero-order chi connectivity index (χ0) is 16.4. The minimum absolute atomic E-state index is 0.139. The van der Waals surface area contributed by atoms with E-state index in [1.807, 2.05) is 6.07 Å². The largest absolute Gasteiger partial charge is 0.350 e. The summed E-state index contributed by atoms with van der Waals surface area (Å²) >= 11 is 6.02. The van der Waals surface area contributed by atoms with Crippen LogP contribution in [-0.2, 0) is 0 Å². The minimum Gasteiger partial charge on any atom is -0.350 e. The minimum atomic E-state index is -0.139. The second kappa shape index (κ2) is 6.89. The fourth-order valence-corrected chi connectivity index (χ4v) is 3.39. The molecular formula is C17H23ClN4O. The van der Waals surface area contributed by atoms with Crippen molar-refractivity contribution in [2.45, 2.75) is 32.7 Å². The van der Waals surface area contributed by atoms with Crippen molar-refractivity contribution < 1.29 is 4.79 Å². The second-order valence-corrected chi connectivity index (χ2v) is 7.01. The van der Waals surface area contributed by atoms with E-state index in [1.54, 1.807) is 12.1 Å². The van der Waals surface area contributed by atoms with Crippen molar-refractivity contribution in [1.82, 2.24) is 20.4 Å². The number of halogens is 1. The van der Waals surface area contributed by atoms with Crippen LogP contribution in [0, 0.1) is 5.92 Å². The number of hydrogen-bond acceptors (Lipinski definition) is 3. The van der Waals surface area contributed by atoms with Gasteiger partial charge in [0.15, 0.2) is 5.69 Å². The van der Waals surface area contributed by atoms with Crippen LogP contribution in [0.25, 0.3) is 10.9 Å². The van der Waals surface area contributed by atoms with Crippen LogP contribution in [0.2, 0.25) is 5.02 Å². The van der Waals surface area contributed by atoms with E-state index in [-0.39, 0.29) is 5.91 Å². The number of likely N-dealkylation sites (tertiary alicyclic amines) is 1. The lowest BCUT2D eigenvalue weighted by Crippen LogP contribution is -2.43. The number of H-pyrrole nitrogens is 1. The first kappa shape index (κ1) is 16.3. The highest BCUT2D eigenvalue weighted by molar-refractivity contribution is 6.31. The van der Waals surface area contributed by atoms with E-state index in [9.17, 15) is 4.79 Å². The van der Waals surface area contributed by atoms with Gasteiger partial charge in [-0.2, -0.15) is 5.10 Å². The zero-order valence-electron chi connectivity index (χ0n) is 13.6. The Kier molecular flexibility index (Phi) is 4.87. The Morgan fingerprint density at radius 3 is 3.13 bits per heavy atom. The van der Waals surface area contributed by atoms with E-state index in [0.717, 1.165) is 30.4 Å². The molecule has 1 aliphatic heterocycles. The molecule has 1 atom stereocenters. The molecule has 2 heterocycles. The molecule has 2 N–H and O–H groups in total. The van der Waals surface area contributed by atoms with Gasteiger partial charge in [-0.1, -0.05) is 11.6 Å². The Bertz CT molecular complexity index is 697. The van der Waals surface area contributed by atoms with Crippen LogP contribution in [0.3, 0.4) is 0 Å². The smallest absolute Gasteiger partial charge is 0.272 e. The Labute approximate surface area is 141 Å². The van der Waals surface area contributed by atoms with Crippen molar-refractivity contribution in [3.63, 3.8) is 0 Å². The van der Waals surface area contributed by atoms with Gasteiger partial charge in [0.25, 0.3) is 5.91 Å². The van der Waals surface area contributed by atoms with E-state index in [0.29, 0.717) is 29.2 Å². The zero-order valence-corrected chi connectivity index (χ0v) is 14.4. The molecule has 1 aromatic carbocycles. The molecule has 1 amide bonds. The van der Waals surface area contributed by atoms with Crippen LogP contribution in [0.5, 0.6) is 0 Å². The third-order valence-corrected chi connectivity index (χ3v) is 4.81. The van der Waals surface area contributed by atoms with Crippen LogP contribution in [-0.4, -0.2) is 46.7 Å². The quantitative estimate of drug-likeness (QED) is 0.903. The monoisotopic (exact) mass is 334 g/mol. The molecule has 0 aliphatic carbocycles. The Hall–Kier alpha value is -1.59. The summed E-state index contributed by atoms with van der Waals surface area (Å²) in [7, 11) is 0. The number of carbonyl (C=O) groups is 1. The molecule has 124 valence electrons. The first-order valence-corrected chi connectivity index (χ1v) is 8.58. The first-order chi connectivity index (χ1) is 11.0. The third-order valence-electron chi connectivity index (χ3n) is 4.57. The number of hydrogen-bond donors (Lipinski definition) is 2. The number of carbonyl (C=O) groups excluding carboxylic acids is 1. The lowest BCUT2D eigenvalue weighted by molar-refractivity contribution is 0.0919. The summed E-state index contributed by atoms with van der Waals surface area (Å²) in [4.78, 5) is 14.9. The molecule has 1 aromatic heterocycles. The SMILES string of the molecule is CC(C)N1CCCC(CNC(=O)c2n[nH]c3ccc(Cl)cc23)C1. The maximum absolute atomic E-state index is 12.4. The third kappa shape index (κ3) is 3.67. The van der Waals surface area contributed by atoms with Crippen LogP contribution in [0.1, 0.15) is 37.2 Å². The summed E-state index contributed by atoms with van der Waals surface area (Å²) in [6.07, 6.45) is 2.36. The average Bonchev–Trinajstić information content (AvgIpc) is 2.96. The number of amides is 1. The van der Waals surface area contributed by atoms with Crippen LogP contribution in [0.15, 0.2) is 18.2 Å². The first-order valence-electron chi connectivity index (χ1n) is 8.20. The molecule has 3 rings (SSSR count). The number of benzene rings is 1. The molecular weight excluding hydrogens is 312 g/mol. The molecule has 1 fully saturated rings. The van der Waals surface area contributed by atoms with Crippen molar-refractivity contribution in [3.8, 4) is 0 Å². The number of aromatic nitrogens is 2. The molecule has 23 heavy (non-hydrogen) atoms. The Balaban J connectivity index is 1.63. The van der Waals surface area contributed by atoms with Crippen LogP contribution in [0.4, 0.5) is 0 Å². The predicted molar refractivity (Wildman–Crippen MR) is 92.9 cm³/mol. The molecule has 6 heteroatoms. The van der Waals surface area contributed by atoms with E-state index in [2.05, 4.69) is 34.3 Å². The number of aromatic amines is 1. The van der Waals surface area contributed by atoms with Gasteiger partial charge < -0.3 is 10.2 Å². The van der Waals surface area contributed by atoms with Gasteiger partial charge in [0.2, 0.25) is 0 Å². The van der Waals surface area contributed by atoms with Gasteiger partial charge in [-0.05, 0) is 57.4 Å². The molecule has 2 aromatic rings. The van der Waals surface area contributed by atoms with Gasteiger partial charge in [-0.15, -0.1) is 0 Å². The van der Waals surface area contributed by atoms with Crippen molar-refractivity contribution in [2.24, 2.45) is 5.92 Å². The number of nitrogens with zero attached hydrogens (tertiary/aromatic N) is 2. The van der Waals surface area contributed by atoms with Gasteiger partial charge in [0, 0.05) is 29.5 Å². The summed E-state index contributed by atoms with van der Waals surface area (Å²) in [5.74, 6) is 0.365. The van der Waals surface area contributed by atoms with Crippen molar-refractivity contribution in [3.05, 3.63) is 28.9 Å². The number of nitrogens with one attached hydrogen (secondary N) is 2. The molecule has 0 radical (unpaired) electrons.